The average molecular weight is 511 g/mol. The Labute approximate surface area is 207 Å². The molecule has 0 aromatic heterocycles. The number of nitrogens with one attached hydrogen (secondary N) is 1. The summed E-state index contributed by atoms with van der Waals surface area (Å²) in [6.07, 6.45) is 0. The highest BCUT2D eigenvalue weighted by Crippen LogP contribution is 2.54. The highest BCUT2D eigenvalue weighted by molar-refractivity contribution is 7.75. The predicted molar refractivity (Wildman–Crippen MR) is 161 cm³/mol. The minimum absolute atomic E-state index is 1.30. The predicted octanol–water partition coefficient (Wildman–Crippen LogP) is 8.26. The van der Waals surface area contributed by atoms with E-state index in [2.05, 4.69) is 133 Å². The topological polar surface area (TPSA) is 15.3 Å². The molecule has 0 amide bonds. The highest BCUT2D eigenvalue weighted by Gasteiger charge is 2.70. The van der Waals surface area contributed by atoms with E-state index in [4.69, 9.17) is 0 Å². The van der Waals surface area contributed by atoms with Gasteiger partial charge in [-0.05, 0) is 54.8 Å². The maximum absolute atomic E-state index is 4.09. The van der Waals surface area contributed by atoms with Crippen LogP contribution in [0.2, 0.25) is 58.9 Å². The fourth-order valence-electron chi connectivity index (χ4n) is 6.64. The van der Waals surface area contributed by atoms with Crippen LogP contribution in [0.5, 0.6) is 0 Å². The van der Waals surface area contributed by atoms with Crippen molar-refractivity contribution in [2.75, 3.05) is 9.88 Å². The van der Waals surface area contributed by atoms with Crippen molar-refractivity contribution in [3.8, 4) is 0 Å². The number of hydrogen-bond donors (Lipinski definition) is 1. The molecule has 0 saturated heterocycles. The Kier molecular flexibility index (Phi) is 6.68. The van der Waals surface area contributed by atoms with Gasteiger partial charge in [0.05, 0.1) is 29.1 Å². The first-order valence-electron chi connectivity index (χ1n) is 12.4. The van der Waals surface area contributed by atoms with E-state index >= 15 is 0 Å². The lowest BCUT2D eigenvalue weighted by molar-refractivity contribution is 1.12. The van der Waals surface area contributed by atoms with E-state index in [0.717, 1.165) is 0 Å². The molecular formula is C27H46N2Si4. The van der Waals surface area contributed by atoms with Crippen LogP contribution in [0.15, 0.2) is 47.0 Å². The summed E-state index contributed by atoms with van der Waals surface area (Å²) >= 11 is 0. The van der Waals surface area contributed by atoms with Gasteiger partial charge in [0.2, 0.25) is 0 Å². The number of nitrogens with zero attached hydrogens (tertiary/aromatic N) is 1. The number of anilines is 2. The third-order valence-electron chi connectivity index (χ3n) is 7.47. The van der Waals surface area contributed by atoms with Crippen molar-refractivity contribution in [2.24, 2.45) is 0 Å². The van der Waals surface area contributed by atoms with E-state index in [9.17, 15) is 0 Å². The fourth-order valence-corrected chi connectivity index (χ4v) is 70.3. The monoisotopic (exact) mass is 510 g/mol. The number of aryl methyl sites for hydroxylation is 4. The highest BCUT2D eigenvalue weighted by atomic mass is 29.6. The molecule has 2 aromatic carbocycles. The second-order valence-electron chi connectivity index (χ2n) is 13.2. The lowest BCUT2D eigenvalue weighted by atomic mass is 10.1. The standard InChI is InChI=1S/C27H46N2Si4/c1-20-16-14-17-21(2)24(20)28-26-27(30(5,6)7)33(31(8,9)10,32(11,12)13)29(26)25-22(3)18-15-19-23(25)4/h14-19,28H,1-13H3. The Morgan fingerprint density at radius 1 is 0.636 bits per heavy atom. The van der Waals surface area contributed by atoms with Crippen molar-refractivity contribution in [3.63, 3.8) is 0 Å². The molecule has 1 N–H and O–H groups in total. The lowest BCUT2D eigenvalue weighted by Gasteiger charge is -2.68. The molecule has 2 nitrogen and oxygen atoms in total. The summed E-state index contributed by atoms with van der Waals surface area (Å²) in [4.78, 5) is 1.92. The summed E-state index contributed by atoms with van der Waals surface area (Å²) in [7, 11) is -6.58. The van der Waals surface area contributed by atoms with Crippen molar-refractivity contribution in [3.05, 3.63) is 69.3 Å². The molecule has 6 heteroatoms. The number of benzene rings is 2. The quantitative estimate of drug-likeness (QED) is 0.393. The summed E-state index contributed by atoms with van der Waals surface area (Å²) in [5, 5.41) is 4.09. The molecular weight excluding hydrogens is 465 g/mol. The third-order valence-corrected chi connectivity index (χ3v) is 49.8. The van der Waals surface area contributed by atoms with Crippen molar-refractivity contribution >= 4 is 41.9 Å². The van der Waals surface area contributed by atoms with E-state index in [1.807, 2.05) is 4.82 Å². The zero-order valence-corrected chi connectivity index (χ0v) is 27.4. The number of hydrogen-bond acceptors (Lipinski definition) is 2. The molecule has 0 bridgehead atoms. The second kappa shape index (κ2) is 8.39. The van der Waals surface area contributed by atoms with Gasteiger partial charge in [0.15, 0.2) is 7.27 Å². The van der Waals surface area contributed by atoms with E-state index in [-0.39, 0.29) is 0 Å². The largest absolute Gasteiger partial charge is 0.357 e. The number of para-hydroxylation sites is 2. The SMILES string of the molecule is Cc1cccc(C)c1NC1=C([Si](C)(C)C)[Si]([Si](C)(C)C)([Si](C)(C)C)N1c1c(C)cccc1C. The Bertz CT molecular complexity index is 1040. The summed E-state index contributed by atoms with van der Waals surface area (Å²) < 4.78 is 2.97. The Balaban J connectivity index is 2.48. The van der Waals surface area contributed by atoms with Gasteiger partial charge in [-0.3, -0.25) is 0 Å². The molecule has 1 aliphatic rings. The molecule has 2 aromatic rings. The van der Waals surface area contributed by atoms with Gasteiger partial charge in [-0.15, -0.1) is 0 Å². The van der Waals surface area contributed by atoms with Crippen molar-refractivity contribution in [1.82, 2.24) is 0 Å². The molecule has 33 heavy (non-hydrogen) atoms. The van der Waals surface area contributed by atoms with Gasteiger partial charge >= 0.3 is 0 Å². The zero-order valence-electron chi connectivity index (χ0n) is 23.4. The van der Waals surface area contributed by atoms with Gasteiger partial charge < -0.3 is 9.88 Å². The molecule has 1 heterocycles. The van der Waals surface area contributed by atoms with Crippen LogP contribution >= 0.6 is 0 Å². The van der Waals surface area contributed by atoms with E-state index < -0.39 is 30.5 Å². The molecule has 0 fully saturated rings. The van der Waals surface area contributed by atoms with Crippen LogP contribution < -0.4 is 9.88 Å². The van der Waals surface area contributed by atoms with Gasteiger partial charge in [0, 0.05) is 11.4 Å². The third kappa shape index (κ3) is 4.07. The van der Waals surface area contributed by atoms with Gasteiger partial charge in [0.1, 0.15) is 0 Å². The Morgan fingerprint density at radius 3 is 1.39 bits per heavy atom. The first-order valence-corrected chi connectivity index (χ1v) is 26.9. The van der Waals surface area contributed by atoms with Crippen LogP contribution in [-0.4, -0.2) is 30.5 Å². The molecule has 3 rings (SSSR count). The van der Waals surface area contributed by atoms with Crippen LogP contribution in [0.3, 0.4) is 0 Å². The summed E-state index contributed by atoms with van der Waals surface area (Å²) in [6.45, 7) is 33.0. The first-order chi connectivity index (χ1) is 15.0. The van der Waals surface area contributed by atoms with Crippen LogP contribution in [0.4, 0.5) is 11.4 Å². The molecule has 0 saturated carbocycles. The molecule has 180 valence electrons. The summed E-state index contributed by atoms with van der Waals surface area (Å²) in [6, 6.07) is 13.5. The fraction of sp³-hybridized carbons (Fsp3) is 0.481. The smallest absolute Gasteiger partial charge is 0.167 e. The second-order valence-corrected chi connectivity index (χ2v) is 44.9. The summed E-state index contributed by atoms with van der Waals surface area (Å²) in [5.74, 6) is 1.44. The normalized spacial score (nSPS) is 16.7. The van der Waals surface area contributed by atoms with E-state index in [1.165, 1.54) is 39.4 Å². The maximum atomic E-state index is 4.09. The van der Waals surface area contributed by atoms with Gasteiger partial charge in [0.25, 0.3) is 0 Å². The van der Waals surface area contributed by atoms with E-state index in [0.29, 0.717) is 0 Å². The zero-order chi connectivity index (χ0) is 25.1. The van der Waals surface area contributed by atoms with Crippen LogP contribution in [0, 0.1) is 27.7 Å². The molecule has 0 radical (unpaired) electrons. The summed E-state index contributed by atoms with van der Waals surface area (Å²) in [5.41, 5.74) is 8.29. The Morgan fingerprint density at radius 2 is 1.03 bits per heavy atom. The average Bonchev–Trinajstić information content (AvgIpc) is 2.59. The van der Waals surface area contributed by atoms with Crippen LogP contribution in [-0.2, 0) is 0 Å². The van der Waals surface area contributed by atoms with Crippen molar-refractivity contribution < 1.29 is 0 Å². The van der Waals surface area contributed by atoms with Gasteiger partial charge in [-0.2, -0.15) is 0 Å². The lowest BCUT2D eigenvalue weighted by Crippen LogP contribution is -2.89. The van der Waals surface area contributed by atoms with Gasteiger partial charge in [-0.25, -0.2) is 0 Å². The molecule has 0 unspecified atom stereocenters. The van der Waals surface area contributed by atoms with Crippen molar-refractivity contribution in [2.45, 2.75) is 86.6 Å². The minimum atomic E-state index is -1.91. The molecule has 0 atom stereocenters. The minimum Gasteiger partial charge on any atom is -0.357 e. The molecule has 0 aliphatic carbocycles. The van der Waals surface area contributed by atoms with Crippen LogP contribution in [0.25, 0.3) is 0 Å². The maximum Gasteiger partial charge on any atom is 0.167 e. The van der Waals surface area contributed by atoms with Gasteiger partial charge in [-0.1, -0.05) is 95.3 Å². The van der Waals surface area contributed by atoms with Crippen molar-refractivity contribution in [1.29, 1.82) is 0 Å². The number of rotatable bonds is 6. The van der Waals surface area contributed by atoms with E-state index in [1.54, 1.807) is 0 Å². The van der Waals surface area contributed by atoms with Crippen LogP contribution in [0.1, 0.15) is 22.3 Å². The Hall–Kier alpha value is -1.35. The molecule has 1 aliphatic heterocycles. The molecule has 0 spiro atoms. The first kappa shape index (κ1) is 26.3.